The molecule has 5 nitrogen and oxygen atoms in total. The molecule has 0 saturated heterocycles. The van der Waals surface area contributed by atoms with Crippen molar-refractivity contribution in [3.05, 3.63) is 34.0 Å². The van der Waals surface area contributed by atoms with E-state index in [0.29, 0.717) is 33.5 Å². The van der Waals surface area contributed by atoms with Crippen LogP contribution >= 0.6 is 46.3 Å². The number of ether oxygens (including phenoxy) is 1. The first-order valence-corrected chi connectivity index (χ1v) is 12.0. The van der Waals surface area contributed by atoms with Gasteiger partial charge in [-0.05, 0) is 31.0 Å². The summed E-state index contributed by atoms with van der Waals surface area (Å²) in [6, 6.07) is 5.81. The predicted octanol–water partition coefficient (Wildman–Crippen LogP) is 7.15. The number of nitrogens with zero attached hydrogens (tertiary/aromatic N) is 3. The molecule has 9 heteroatoms. The van der Waals surface area contributed by atoms with Crippen molar-refractivity contribution in [2.75, 3.05) is 7.05 Å². The molecule has 1 aliphatic carbocycles. The Labute approximate surface area is 202 Å². The molecule has 0 spiro atoms. The number of amidine groups is 1. The van der Waals surface area contributed by atoms with Crippen molar-refractivity contribution in [3.8, 4) is 16.9 Å². The molecule has 3 rings (SSSR count). The van der Waals surface area contributed by atoms with Crippen LogP contribution in [0, 0.1) is 30.1 Å². The molecule has 1 N–H and O–H groups in total. The minimum absolute atomic E-state index is 0.0133. The monoisotopic (exact) mass is 498 g/mol. The lowest BCUT2D eigenvalue weighted by Gasteiger charge is -2.14. The van der Waals surface area contributed by atoms with Gasteiger partial charge in [0.2, 0.25) is 5.06 Å². The van der Waals surface area contributed by atoms with E-state index in [1.165, 1.54) is 0 Å². The van der Waals surface area contributed by atoms with Gasteiger partial charge in [0.1, 0.15) is 27.6 Å². The fraction of sp³-hybridized carbons (Fsp3) is 0.500. The van der Waals surface area contributed by atoms with Crippen molar-refractivity contribution < 1.29 is 4.74 Å². The van der Waals surface area contributed by atoms with Crippen LogP contribution in [0.5, 0.6) is 10.8 Å². The number of aliphatic imine (C=N–C) groups is 1. The second kappa shape index (κ2) is 8.78. The zero-order valence-electron chi connectivity index (χ0n) is 18.3. The van der Waals surface area contributed by atoms with Crippen molar-refractivity contribution in [1.82, 2.24) is 9.69 Å². The Bertz CT molecular complexity index is 1070. The first-order chi connectivity index (χ1) is 14.5. The van der Waals surface area contributed by atoms with Crippen LogP contribution in [0.3, 0.4) is 0 Å². The van der Waals surface area contributed by atoms with Crippen molar-refractivity contribution >= 4 is 57.9 Å². The number of alkyl halides is 2. The first-order valence-electron chi connectivity index (χ1n) is 10.1. The fourth-order valence-electron chi connectivity index (χ4n) is 4.01. The molecule has 1 aromatic heterocycles. The second-order valence-corrected chi connectivity index (χ2v) is 10.6. The maximum Gasteiger partial charge on any atom is 0.218 e. The van der Waals surface area contributed by atoms with Gasteiger partial charge in [0.25, 0.3) is 0 Å². The molecule has 0 bridgehead atoms. The minimum atomic E-state index is -0.950. The summed E-state index contributed by atoms with van der Waals surface area (Å²) in [5.74, 6) is 1.54. The Morgan fingerprint density at radius 2 is 2.06 bits per heavy atom. The van der Waals surface area contributed by atoms with E-state index in [0.717, 1.165) is 28.6 Å². The third-order valence-corrected chi connectivity index (χ3v) is 8.40. The van der Waals surface area contributed by atoms with E-state index in [2.05, 4.69) is 34.6 Å². The van der Waals surface area contributed by atoms with Gasteiger partial charge in [-0.1, -0.05) is 39.3 Å². The number of aryl methyl sites for hydroxylation is 1. The zero-order valence-corrected chi connectivity index (χ0v) is 21.4. The summed E-state index contributed by atoms with van der Waals surface area (Å²) >= 11 is 20.7. The van der Waals surface area contributed by atoms with Gasteiger partial charge >= 0.3 is 0 Å². The highest BCUT2D eigenvalue weighted by atomic mass is 35.5. The van der Waals surface area contributed by atoms with Crippen LogP contribution < -0.4 is 10.1 Å². The maximum absolute atomic E-state index is 9.85. The molecule has 1 saturated carbocycles. The van der Waals surface area contributed by atoms with E-state index in [1.54, 1.807) is 6.07 Å². The highest BCUT2D eigenvalue weighted by Crippen LogP contribution is 2.71. The van der Waals surface area contributed by atoms with Crippen LogP contribution in [0.15, 0.2) is 17.1 Å². The summed E-state index contributed by atoms with van der Waals surface area (Å²) in [6.07, 6.45) is 0.676. The quantitative estimate of drug-likeness (QED) is 0.260. The molecule has 2 aromatic rings. The topological polar surface area (TPSA) is 70.3 Å². The lowest BCUT2D eigenvalue weighted by Crippen LogP contribution is -2.23. The number of halogens is 3. The summed E-state index contributed by atoms with van der Waals surface area (Å²) in [7, 11) is 1.85. The Hall–Kier alpha value is -1.52. The molecule has 0 radical (unpaired) electrons. The first kappa shape index (κ1) is 24.1. The Balaban J connectivity index is 1.97. The highest BCUT2D eigenvalue weighted by molar-refractivity contribution is 7.08. The lowest BCUT2D eigenvalue weighted by molar-refractivity contribution is 0.492. The molecule has 0 amide bonds. The van der Waals surface area contributed by atoms with E-state index >= 15 is 0 Å². The van der Waals surface area contributed by atoms with Gasteiger partial charge in [-0.15, -0.1) is 23.2 Å². The van der Waals surface area contributed by atoms with Crippen molar-refractivity contribution in [2.24, 2.45) is 16.8 Å². The maximum atomic E-state index is 9.85. The minimum Gasteiger partial charge on any atom is -0.442 e. The fourth-order valence-corrected chi connectivity index (χ4v) is 6.03. The summed E-state index contributed by atoms with van der Waals surface area (Å²) in [6.45, 7) is 10.0. The van der Waals surface area contributed by atoms with Crippen molar-refractivity contribution in [3.63, 3.8) is 0 Å². The van der Waals surface area contributed by atoms with Crippen LogP contribution in [0.2, 0.25) is 5.02 Å². The molecule has 31 heavy (non-hydrogen) atoms. The lowest BCUT2D eigenvalue weighted by atomic mass is 9.93. The number of nitrogens with one attached hydrogen (secondary N) is 1. The number of nitriles is 1. The number of benzene rings is 1. The standard InChI is InChI=1S/C22H25Cl3N4OS/c1-7-21(13(5)22(21,24)25)18-14(10-26)20(31-29-18)30-17-8-12(4)16(9-15(17)23)28-19(27-6)11(2)3/h8-9,11,13H,7H2,1-6H3,(H,27,28). The van der Waals surface area contributed by atoms with Crippen LogP contribution in [0.4, 0.5) is 5.69 Å². The second-order valence-electron chi connectivity index (χ2n) is 8.05. The molecule has 1 aliphatic rings. The van der Waals surface area contributed by atoms with Crippen LogP contribution in [0.25, 0.3) is 0 Å². The Kier molecular flexibility index (Phi) is 6.84. The van der Waals surface area contributed by atoms with Gasteiger partial charge in [0.15, 0.2) is 0 Å². The molecule has 0 aliphatic heterocycles. The normalized spacial score (nSPS) is 22.4. The van der Waals surface area contributed by atoms with E-state index in [4.69, 9.17) is 39.5 Å². The molecule has 1 aromatic carbocycles. The molecule has 1 fully saturated rings. The average Bonchev–Trinajstić information content (AvgIpc) is 2.99. The number of aromatic nitrogens is 1. The molecule has 2 unspecified atom stereocenters. The smallest absolute Gasteiger partial charge is 0.218 e. The highest BCUT2D eigenvalue weighted by Gasteiger charge is 2.75. The summed E-state index contributed by atoms with van der Waals surface area (Å²) in [5, 5.41) is 13.7. The summed E-state index contributed by atoms with van der Waals surface area (Å²) in [4.78, 5) is 4.67. The zero-order chi connectivity index (χ0) is 23.1. The summed E-state index contributed by atoms with van der Waals surface area (Å²) in [5.41, 5.74) is 2.05. The Morgan fingerprint density at radius 1 is 1.42 bits per heavy atom. The van der Waals surface area contributed by atoms with Gasteiger partial charge in [0, 0.05) is 30.4 Å². The van der Waals surface area contributed by atoms with E-state index in [9.17, 15) is 5.26 Å². The van der Waals surface area contributed by atoms with Gasteiger partial charge in [-0.25, -0.2) is 4.99 Å². The Morgan fingerprint density at radius 3 is 2.55 bits per heavy atom. The van der Waals surface area contributed by atoms with Gasteiger partial charge in [0.05, 0.1) is 21.8 Å². The van der Waals surface area contributed by atoms with Gasteiger partial charge in [-0.2, -0.15) is 9.64 Å². The van der Waals surface area contributed by atoms with Crippen LogP contribution in [-0.2, 0) is 5.41 Å². The number of rotatable bonds is 6. The largest absolute Gasteiger partial charge is 0.442 e. The summed E-state index contributed by atoms with van der Waals surface area (Å²) < 4.78 is 9.62. The number of hydrogen-bond acceptors (Lipinski definition) is 5. The van der Waals surface area contributed by atoms with Crippen molar-refractivity contribution in [1.29, 1.82) is 5.26 Å². The molecule has 166 valence electrons. The van der Waals surface area contributed by atoms with E-state index in [-0.39, 0.29) is 11.8 Å². The van der Waals surface area contributed by atoms with Crippen LogP contribution in [-0.4, -0.2) is 21.6 Å². The molecule has 2 atom stereocenters. The van der Waals surface area contributed by atoms with Gasteiger partial charge in [-0.3, -0.25) is 0 Å². The average molecular weight is 500 g/mol. The molecule has 1 heterocycles. The SMILES string of the molecule is CCC1(c2nsc(Oc3cc(C)c(N=C(NC)C(C)C)cc3Cl)c2C#N)C(C)C1(Cl)Cl. The number of hydrogen-bond donors (Lipinski definition) is 1. The van der Waals surface area contributed by atoms with E-state index in [1.807, 2.05) is 33.9 Å². The third kappa shape index (κ3) is 3.91. The van der Waals surface area contributed by atoms with E-state index < -0.39 is 9.75 Å². The molecular weight excluding hydrogens is 475 g/mol. The molecular formula is C22H25Cl3N4OS. The predicted molar refractivity (Wildman–Crippen MR) is 130 cm³/mol. The van der Waals surface area contributed by atoms with Crippen molar-refractivity contribution in [2.45, 2.75) is 50.8 Å². The third-order valence-electron chi connectivity index (χ3n) is 6.04. The van der Waals surface area contributed by atoms with Gasteiger partial charge < -0.3 is 10.1 Å². The van der Waals surface area contributed by atoms with Crippen LogP contribution in [0.1, 0.15) is 50.9 Å².